The van der Waals surface area contributed by atoms with Crippen molar-refractivity contribution in [1.82, 2.24) is 14.5 Å². The minimum Gasteiger partial charge on any atom is -0.493 e. The van der Waals surface area contributed by atoms with Crippen molar-refractivity contribution < 1.29 is 4.74 Å². The molecule has 0 amide bonds. The van der Waals surface area contributed by atoms with Crippen molar-refractivity contribution in [2.45, 2.75) is 71.4 Å². The second-order valence-electron chi connectivity index (χ2n) is 9.18. The van der Waals surface area contributed by atoms with E-state index in [4.69, 9.17) is 9.72 Å². The molecule has 170 valence electrons. The summed E-state index contributed by atoms with van der Waals surface area (Å²) in [5.74, 6) is 1.90. The number of ether oxygens (including phenoxy) is 1. The Morgan fingerprint density at radius 1 is 1.06 bits per heavy atom. The minimum atomic E-state index is 0.184. The summed E-state index contributed by atoms with van der Waals surface area (Å²) in [5.41, 5.74) is 2.63. The standard InChI is InChI=1S/C26H33N3O2S/c1-19-10-2-4-12-21(19)31-17-9-8-16-29-23(18-28-14-6-7-15-28)27-25-24(26(29)30)20-11-3-5-13-22(20)32-25/h2,4,10,12H,3,5-9,11,13-18H2,1H3. The largest absolute Gasteiger partial charge is 0.493 e. The number of para-hydroxylation sites is 1. The van der Waals surface area contributed by atoms with E-state index in [-0.39, 0.29) is 5.56 Å². The van der Waals surface area contributed by atoms with Gasteiger partial charge in [-0.15, -0.1) is 11.3 Å². The molecule has 2 aromatic heterocycles. The van der Waals surface area contributed by atoms with Gasteiger partial charge in [0.25, 0.3) is 5.56 Å². The van der Waals surface area contributed by atoms with Gasteiger partial charge in [-0.05, 0) is 88.6 Å². The fourth-order valence-electron chi connectivity index (χ4n) is 5.05. The number of nitrogens with zero attached hydrogens (tertiary/aromatic N) is 3. The van der Waals surface area contributed by atoms with Gasteiger partial charge in [-0.1, -0.05) is 18.2 Å². The molecule has 0 N–H and O–H groups in total. The molecular weight excluding hydrogens is 418 g/mol. The van der Waals surface area contributed by atoms with E-state index in [2.05, 4.69) is 17.9 Å². The summed E-state index contributed by atoms with van der Waals surface area (Å²) in [7, 11) is 0. The van der Waals surface area contributed by atoms with Gasteiger partial charge in [-0.25, -0.2) is 4.98 Å². The molecule has 3 aromatic rings. The van der Waals surface area contributed by atoms with Crippen LogP contribution in [-0.4, -0.2) is 34.1 Å². The van der Waals surface area contributed by atoms with Crippen LogP contribution < -0.4 is 10.3 Å². The lowest BCUT2D eigenvalue weighted by Gasteiger charge is -2.18. The molecule has 1 saturated heterocycles. The first-order valence-electron chi connectivity index (χ1n) is 12.2. The van der Waals surface area contributed by atoms with E-state index in [1.165, 1.54) is 36.1 Å². The maximum atomic E-state index is 13.7. The highest BCUT2D eigenvalue weighted by molar-refractivity contribution is 7.18. The van der Waals surface area contributed by atoms with Gasteiger partial charge in [-0.3, -0.25) is 14.3 Å². The van der Waals surface area contributed by atoms with Gasteiger partial charge in [0, 0.05) is 11.4 Å². The lowest BCUT2D eigenvalue weighted by molar-refractivity contribution is 0.295. The monoisotopic (exact) mass is 451 g/mol. The van der Waals surface area contributed by atoms with E-state index in [0.717, 1.165) is 72.7 Å². The first-order valence-corrected chi connectivity index (χ1v) is 13.0. The molecule has 0 spiro atoms. The van der Waals surface area contributed by atoms with Crippen molar-refractivity contribution >= 4 is 21.6 Å². The van der Waals surface area contributed by atoms with Crippen LogP contribution in [0.2, 0.25) is 0 Å². The van der Waals surface area contributed by atoms with Crippen LogP contribution in [0.5, 0.6) is 5.75 Å². The number of rotatable bonds is 8. The molecule has 32 heavy (non-hydrogen) atoms. The average molecular weight is 452 g/mol. The van der Waals surface area contributed by atoms with Crippen molar-refractivity contribution in [2.24, 2.45) is 0 Å². The molecule has 1 aromatic carbocycles. The van der Waals surface area contributed by atoms with Gasteiger partial charge in [0.05, 0.1) is 18.5 Å². The molecule has 1 aliphatic heterocycles. The zero-order valence-electron chi connectivity index (χ0n) is 19.1. The topological polar surface area (TPSA) is 47.4 Å². The first-order chi connectivity index (χ1) is 15.7. The smallest absolute Gasteiger partial charge is 0.262 e. The Kier molecular flexibility index (Phi) is 6.60. The molecule has 0 bridgehead atoms. The molecule has 1 aliphatic carbocycles. The zero-order chi connectivity index (χ0) is 21.9. The van der Waals surface area contributed by atoms with Gasteiger partial charge in [0.1, 0.15) is 16.4 Å². The van der Waals surface area contributed by atoms with E-state index >= 15 is 0 Å². The van der Waals surface area contributed by atoms with Gasteiger partial charge in [-0.2, -0.15) is 0 Å². The highest BCUT2D eigenvalue weighted by Crippen LogP contribution is 2.34. The molecule has 0 saturated carbocycles. The normalized spacial score (nSPS) is 16.5. The van der Waals surface area contributed by atoms with E-state index in [1.807, 2.05) is 22.8 Å². The van der Waals surface area contributed by atoms with Crippen LogP contribution in [0.25, 0.3) is 10.2 Å². The number of benzene rings is 1. The summed E-state index contributed by atoms with van der Waals surface area (Å²) >= 11 is 1.76. The molecule has 5 nitrogen and oxygen atoms in total. The Bertz CT molecular complexity index is 1140. The molecule has 0 unspecified atom stereocenters. The number of fused-ring (bicyclic) bond motifs is 3. The van der Waals surface area contributed by atoms with Crippen LogP contribution in [-0.2, 0) is 25.9 Å². The van der Waals surface area contributed by atoms with E-state index in [0.29, 0.717) is 13.2 Å². The Labute approximate surface area is 194 Å². The lowest BCUT2D eigenvalue weighted by atomic mass is 9.97. The summed E-state index contributed by atoms with van der Waals surface area (Å²) in [5, 5.41) is 0.908. The van der Waals surface area contributed by atoms with Crippen molar-refractivity contribution in [3.05, 3.63) is 56.4 Å². The van der Waals surface area contributed by atoms with Crippen molar-refractivity contribution in [2.75, 3.05) is 19.7 Å². The summed E-state index contributed by atoms with van der Waals surface area (Å²) in [4.78, 5) is 23.5. The minimum absolute atomic E-state index is 0.184. The number of aromatic nitrogens is 2. The maximum absolute atomic E-state index is 13.7. The summed E-state index contributed by atoms with van der Waals surface area (Å²) in [6, 6.07) is 8.13. The Balaban J connectivity index is 1.35. The van der Waals surface area contributed by atoms with E-state index < -0.39 is 0 Å². The number of aryl methyl sites for hydroxylation is 3. The fourth-order valence-corrected chi connectivity index (χ4v) is 6.32. The third kappa shape index (κ3) is 4.48. The zero-order valence-corrected chi connectivity index (χ0v) is 19.9. The fraction of sp³-hybridized carbons (Fsp3) is 0.538. The highest BCUT2D eigenvalue weighted by atomic mass is 32.1. The Hall–Kier alpha value is -2.18. The van der Waals surface area contributed by atoms with Gasteiger partial charge in [0.15, 0.2) is 0 Å². The number of likely N-dealkylation sites (tertiary alicyclic amines) is 1. The van der Waals surface area contributed by atoms with Gasteiger partial charge < -0.3 is 4.74 Å². The molecule has 0 atom stereocenters. The van der Waals surface area contributed by atoms with Crippen LogP contribution in [0.3, 0.4) is 0 Å². The van der Waals surface area contributed by atoms with Crippen LogP contribution >= 0.6 is 11.3 Å². The van der Waals surface area contributed by atoms with E-state index in [1.54, 1.807) is 11.3 Å². The first kappa shape index (κ1) is 21.7. The number of thiophene rings is 1. The molecular formula is C26H33N3O2S. The third-order valence-electron chi connectivity index (χ3n) is 6.84. The molecule has 1 fully saturated rings. The molecule has 6 heteroatoms. The quantitative estimate of drug-likeness (QED) is 0.447. The van der Waals surface area contributed by atoms with Gasteiger partial charge in [0.2, 0.25) is 0 Å². The SMILES string of the molecule is Cc1ccccc1OCCCCn1c(CN2CCCC2)nc2sc3c(c2c1=O)CCCC3. The maximum Gasteiger partial charge on any atom is 0.262 e. The van der Waals surface area contributed by atoms with Crippen LogP contribution in [0.15, 0.2) is 29.1 Å². The van der Waals surface area contributed by atoms with Crippen molar-refractivity contribution in [3.8, 4) is 5.75 Å². The molecule has 0 radical (unpaired) electrons. The third-order valence-corrected chi connectivity index (χ3v) is 8.03. The lowest BCUT2D eigenvalue weighted by Crippen LogP contribution is -2.30. The molecule has 2 aliphatic rings. The van der Waals surface area contributed by atoms with Crippen LogP contribution in [0.4, 0.5) is 0 Å². The predicted octanol–water partition coefficient (Wildman–Crippen LogP) is 5.10. The average Bonchev–Trinajstić information content (AvgIpc) is 3.44. The Morgan fingerprint density at radius 2 is 1.88 bits per heavy atom. The van der Waals surface area contributed by atoms with Crippen LogP contribution in [0.1, 0.15) is 60.4 Å². The summed E-state index contributed by atoms with van der Waals surface area (Å²) < 4.78 is 7.95. The van der Waals surface area contributed by atoms with E-state index in [9.17, 15) is 4.79 Å². The number of hydrogen-bond acceptors (Lipinski definition) is 5. The summed E-state index contributed by atoms with van der Waals surface area (Å²) in [6.07, 6.45) is 8.88. The predicted molar refractivity (Wildman–Crippen MR) is 131 cm³/mol. The van der Waals surface area contributed by atoms with Gasteiger partial charge >= 0.3 is 0 Å². The highest BCUT2D eigenvalue weighted by Gasteiger charge is 2.23. The number of hydrogen-bond donors (Lipinski definition) is 0. The Morgan fingerprint density at radius 3 is 2.72 bits per heavy atom. The van der Waals surface area contributed by atoms with Crippen molar-refractivity contribution in [3.63, 3.8) is 0 Å². The molecule has 5 rings (SSSR count). The number of unbranched alkanes of at least 4 members (excludes halogenated alkanes) is 1. The summed E-state index contributed by atoms with van der Waals surface area (Å²) in [6.45, 7) is 6.46. The second kappa shape index (κ2) is 9.75. The molecule has 3 heterocycles. The van der Waals surface area contributed by atoms with Crippen LogP contribution in [0, 0.1) is 6.92 Å². The second-order valence-corrected chi connectivity index (χ2v) is 10.3. The van der Waals surface area contributed by atoms with Crippen molar-refractivity contribution in [1.29, 1.82) is 0 Å².